The number of imide groups is 1. The number of hydrogen-bond acceptors (Lipinski definition) is 5. The summed E-state index contributed by atoms with van der Waals surface area (Å²) in [6.07, 6.45) is 5.47. The topological polar surface area (TPSA) is 83.9 Å². The lowest BCUT2D eigenvalue weighted by atomic mass is 9.63. The van der Waals surface area contributed by atoms with E-state index < -0.39 is 0 Å². The van der Waals surface area contributed by atoms with E-state index in [2.05, 4.69) is 12.2 Å². The van der Waals surface area contributed by atoms with Gasteiger partial charge in [0, 0.05) is 5.56 Å². The van der Waals surface area contributed by atoms with Crippen LogP contribution in [0.15, 0.2) is 60.7 Å². The third kappa shape index (κ3) is 2.74. The van der Waals surface area contributed by atoms with Crippen LogP contribution in [0.5, 0.6) is 11.5 Å². The fourth-order valence-corrected chi connectivity index (χ4v) is 5.78. The fourth-order valence-electron chi connectivity index (χ4n) is 5.78. The van der Waals surface area contributed by atoms with Crippen LogP contribution in [0.25, 0.3) is 0 Å². The lowest BCUT2D eigenvalue weighted by Crippen LogP contribution is -2.40. The van der Waals surface area contributed by atoms with Crippen molar-refractivity contribution in [3.63, 3.8) is 0 Å². The maximum atomic E-state index is 13.2. The van der Waals surface area contributed by atoms with E-state index in [0.29, 0.717) is 28.8 Å². The van der Waals surface area contributed by atoms with Crippen molar-refractivity contribution in [3.8, 4) is 11.5 Å². The van der Waals surface area contributed by atoms with Gasteiger partial charge in [-0.05, 0) is 78.6 Å². The molecule has 1 aliphatic heterocycles. The van der Waals surface area contributed by atoms with Crippen LogP contribution in [-0.4, -0.2) is 29.3 Å². The van der Waals surface area contributed by atoms with E-state index in [1.165, 1.54) is 17.0 Å². The van der Waals surface area contributed by atoms with Gasteiger partial charge in [-0.3, -0.25) is 19.3 Å². The molecule has 1 N–H and O–H groups in total. The Labute approximate surface area is 179 Å². The van der Waals surface area contributed by atoms with Gasteiger partial charge in [0.05, 0.1) is 17.5 Å². The number of carbonyl (C=O) groups excluding carboxylic acids is 3. The molecule has 2 unspecified atom stereocenters. The SMILES string of the molecule is O=C(COc1ccc(N2C(=O)[C@@H]3[C@H](C2=O)C2C=C[C@H]3C3C[C@@H]23)cc1)c1ccc(O)cc1. The van der Waals surface area contributed by atoms with Crippen LogP contribution in [0.4, 0.5) is 5.69 Å². The second-order valence-electron chi connectivity index (χ2n) is 8.92. The number of allylic oxidation sites excluding steroid dienone is 2. The molecular formula is C25H21NO5. The number of carbonyl (C=O) groups is 3. The first-order valence-electron chi connectivity index (χ1n) is 10.6. The molecule has 2 aromatic carbocycles. The number of nitrogens with zero attached hydrogens (tertiary/aromatic N) is 1. The van der Waals surface area contributed by atoms with Crippen LogP contribution in [0.2, 0.25) is 0 Å². The normalized spacial score (nSPS) is 32.1. The van der Waals surface area contributed by atoms with Crippen molar-refractivity contribution >= 4 is 23.3 Å². The minimum Gasteiger partial charge on any atom is -0.508 e. The first kappa shape index (κ1) is 18.4. The summed E-state index contributed by atoms with van der Waals surface area (Å²) < 4.78 is 5.57. The van der Waals surface area contributed by atoms with E-state index in [9.17, 15) is 19.5 Å². The average molecular weight is 415 g/mol. The summed E-state index contributed by atoms with van der Waals surface area (Å²) in [6.45, 7) is -0.145. The molecule has 2 saturated carbocycles. The molecule has 156 valence electrons. The van der Waals surface area contributed by atoms with Gasteiger partial charge in [0.2, 0.25) is 11.8 Å². The average Bonchev–Trinajstić information content (AvgIpc) is 3.56. The summed E-state index contributed by atoms with van der Waals surface area (Å²) in [5.74, 6) is 1.33. The Hall–Kier alpha value is -3.41. The monoisotopic (exact) mass is 415 g/mol. The van der Waals surface area contributed by atoms with Gasteiger partial charge in [0.25, 0.3) is 0 Å². The van der Waals surface area contributed by atoms with E-state index in [4.69, 9.17) is 4.74 Å². The van der Waals surface area contributed by atoms with E-state index in [1.54, 1.807) is 36.4 Å². The smallest absolute Gasteiger partial charge is 0.238 e. The van der Waals surface area contributed by atoms with Crippen LogP contribution < -0.4 is 9.64 Å². The first-order chi connectivity index (χ1) is 15.0. The standard InChI is InChI=1S/C25H21NO5/c27-15-5-1-13(2-6-15)21(28)12-31-16-7-3-14(4-8-16)26-24(29)22-17-9-10-18(20-11-19(17)20)23(22)25(26)30/h1-10,17-20,22-23,27H,11-12H2/t17-,18?,19?,20-,22-,23+/m0/s1. The molecule has 6 heteroatoms. The molecule has 7 rings (SSSR count). The molecule has 4 aliphatic carbocycles. The highest BCUT2D eigenvalue weighted by atomic mass is 16.5. The van der Waals surface area contributed by atoms with Crippen molar-refractivity contribution in [2.75, 3.05) is 11.5 Å². The number of rotatable bonds is 5. The molecule has 3 fully saturated rings. The molecule has 5 aliphatic rings. The molecule has 1 saturated heterocycles. The van der Waals surface area contributed by atoms with Gasteiger partial charge in [-0.15, -0.1) is 0 Å². The van der Waals surface area contributed by atoms with Gasteiger partial charge in [0.15, 0.2) is 12.4 Å². The highest BCUT2D eigenvalue weighted by molar-refractivity contribution is 6.22. The molecule has 2 amide bonds. The molecule has 1 heterocycles. The van der Waals surface area contributed by atoms with E-state index in [-0.39, 0.29) is 53.6 Å². The molecule has 31 heavy (non-hydrogen) atoms. The Morgan fingerprint density at radius 3 is 2.06 bits per heavy atom. The molecule has 6 nitrogen and oxygen atoms in total. The molecule has 2 aromatic rings. The van der Waals surface area contributed by atoms with Crippen LogP contribution in [0.1, 0.15) is 16.8 Å². The number of ether oxygens (including phenoxy) is 1. The third-order valence-corrected chi connectivity index (χ3v) is 7.32. The summed E-state index contributed by atoms with van der Waals surface area (Å²) >= 11 is 0. The van der Waals surface area contributed by atoms with E-state index in [1.807, 2.05) is 0 Å². The van der Waals surface area contributed by atoms with Crippen molar-refractivity contribution in [1.29, 1.82) is 0 Å². The molecule has 2 bridgehead atoms. The van der Waals surface area contributed by atoms with E-state index in [0.717, 1.165) is 6.42 Å². The zero-order valence-electron chi connectivity index (χ0n) is 16.7. The number of amides is 2. The Morgan fingerprint density at radius 2 is 1.48 bits per heavy atom. The lowest BCUT2D eigenvalue weighted by molar-refractivity contribution is -0.124. The maximum Gasteiger partial charge on any atom is 0.238 e. The second kappa shape index (κ2) is 6.54. The van der Waals surface area contributed by atoms with Crippen molar-refractivity contribution in [3.05, 3.63) is 66.2 Å². The minimum absolute atomic E-state index is 0.0872. The Balaban J connectivity index is 1.16. The highest BCUT2D eigenvalue weighted by Gasteiger charge is 2.67. The third-order valence-electron chi connectivity index (χ3n) is 7.32. The molecule has 0 radical (unpaired) electrons. The van der Waals surface area contributed by atoms with Crippen LogP contribution >= 0.6 is 0 Å². The number of aromatic hydroxyl groups is 1. The summed E-state index contributed by atoms with van der Waals surface area (Å²) in [4.78, 5) is 39.9. The Morgan fingerprint density at radius 1 is 0.903 bits per heavy atom. The molecule has 0 aromatic heterocycles. The quantitative estimate of drug-likeness (QED) is 0.461. The molecule has 0 spiro atoms. The van der Waals surface area contributed by atoms with Gasteiger partial charge >= 0.3 is 0 Å². The predicted octanol–water partition coefficient (Wildman–Crippen LogP) is 3.21. The number of phenolic OH excluding ortho intramolecular Hbond substituents is 1. The number of hydrogen-bond donors (Lipinski definition) is 1. The van der Waals surface area contributed by atoms with Gasteiger partial charge in [0.1, 0.15) is 11.5 Å². The van der Waals surface area contributed by atoms with Gasteiger partial charge in [-0.1, -0.05) is 12.2 Å². The minimum atomic E-state index is -0.217. The fraction of sp³-hybridized carbons (Fsp3) is 0.320. The largest absolute Gasteiger partial charge is 0.508 e. The van der Waals surface area contributed by atoms with Gasteiger partial charge in [-0.25, -0.2) is 0 Å². The van der Waals surface area contributed by atoms with Crippen LogP contribution in [0, 0.1) is 35.5 Å². The van der Waals surface area contributed by atoms with Gasteiger partial charge in [-0.2, -0.15) is 0 Å². The number of ketones is 1. The number of anilines is 1. The molecule has 6 atom stereocenters. The second-order valence-corrected chi connectivity index (χ2v) is 8.92. The molecular weight excluding hydrogens is 394 g/mol. The zero-order valence-corrected chi connectivity index (χ0v) is 16.7. The van der Waals surface area contributed by atoms with Crippen molar-refractivity contribution in [2.24, 2.45) is 35.5 Å². The van der Waals surface area contributed by atoms with Crippen LogP contribution in [-0.2, 0) is 9.59 Å². The summed E-state index contributed by atoms with van der Waals surface area (Å²) in [7, 11) is 0. The Bertz CT molecular complexity index is 1080. The first-order valence-corrected chi connectivity index (χ1v) is 10.6. The van der Waals surface area contributed by atoms with Crippen molar-refractivity contribution < 1.29 is 24.2 Å². The van der Waals surface area contributed by atoms with Crippen molar-refractivity contribution in [1.82, 2.24) is 0 Å². The Kier molecular flexibility index (Phi) is 3.88. The number of Topliss-reactive ketones (excluding diaryl/α,β-unsaturated/α-hetero) is 1. The lowest BCUT2D eigenvalue weighted by Gasteiger charge is -2.37. The zero-order chi connectivity index (χ0) is 21.3. The summed E-state index contributed by atoms with van der Waals surface area (Å²) in [5.41, 5.74) is 1.00. The van der Waals surface area contributed by atoms with Crippen LogP contribution in [0.3, 0.4) is 0 Å². The summed E-state index contributed by atoms with van der Waals surface area (Å²) in [5, 5.41) is 9.32. The highest BCUT2D eigenvalue weighted by Crippen LogP contribution is 2.65. The van der Waals surface area contributed by atoms with Gasteiger partial charge < -0.3 is 9.84 Å². The van der Waals surface area contributed by atoms with E-state index >= 15 is 0 Å². The van der Waals surface area contributed by atoms with Crippen molar-refractivity contribution in [2.45, 2.75) is 6.42 Å². The number of benzene rings is 2. The maximum absolute atomic E-state index is 13.2. The predicted molar refractivity (Wildman–Crippen MR) is 112 cm³/mol. The summed E-state index contributed by atoms with van der Waals surface area (Å²) in [6, 6.07) is 12.7. The number of phenols is 1.